The van der Waals surface area contributed by atoms with Crippen LogP contribution in [0.2, 0.25) is 0 Å². The fourth-order valence-electron chi connectivity index (χ4n) is 2.30. The van der Waals surface area contributed by atoms with Gasteiger partial charge in [0.2, 0.25) is 10.0 Å². The number of aryl methyl sites for hydroxylation is 1. The zero-order valence-corrected chi connectivity index (χ0v) is 11.4. The molecule has 2 aromatic rings. The molecule has 0 bridgehead atoms. The summed E-state index contributed by atoms with van der Waals surface area (Å²) in [6, 6.07) is 7.69. The first-order valence-corrected chi connectivity index (χ1v) is 7.39. The van der Waals surface area contributed by atoms with Crippen LogP contribution < -0.4 is 0 Å². The molecule has 4 nitrogen and oxygen atoms in total. The largest absolute Gasteiger partial charge is 0.242 e. The summed E-state index contributed by atoms with van der Waals surface area (Å²) in [5.41, 5.74) is 3.11. The first-order valence-electron chi connectivity index (χ1n) is 5.54. The van der Waals surface area contributed by atoms with Crippen LogP contribution in [0.25, 0.3) is 10.9 Å². The highest BCUT2D eigenvalue weighted by molar-refractivity contribution is 7.89. The van der Waals surface area contributed by atoms with E-state index in [1.807, 2.05) is 19.1 Å². The number of nitrogens with zero attached hydrogens (tertiary/aromatic N) is 2. The molecule has 0 aliphatic carbocycles. The van der Waals surface area contributed by atoms with Crippen molar-refractivity contribution in [1.29, 1.82) is 5.26 Å². The first kappa shape index (κ1) is 12.7. The van der Waals surface area contributed by atoms with Gasteiger partial charge in [-0.15, -0.1) is 0 Å². The number of hydrogen-bond acceptors (Lipinski definition) is 3. The first-order chi connectivity index (χ1) is 8.36. The summed E-state index contributed by atoms with van der Waals surface area (Å²) in [4.78, 5) is 0. The van der Waals surface area contributed by atoms with Crippen LogP contribution in [0.4, 0.5) is 0 Å². The minimum Gasteiger partial charge on any atom is -0.242 e. The van der Waals surface area contributed by atoms with Crippen molar-refractivity contribution in [3.05, 3.63) is 35.0 Å². The van der Waals surface area contributed by atoms with Gasteiger partial charge in [-0.05, 0) is 31.5 Å². The van der Waals surface area contributed by atoms with Gasteiger partial charge >= 0.3 is 0 Å². The molecular formula is C13H14N2O2S. The van der Waals surface area contributed by atoms with Crippen molar-refractivity contribution in [1.82, 2.24) is 3.97 Å². The summed E-state index contributed by atoms with van der Waals surface area (Å²) in [6.45, 7) is 3.69. The van der Waals surface area contributed by atoms with Crippen molar-refractivity contribution in [3.63, 3.8) is 0 Å². The lowest BCUT2D eigenvalue weighted by Crippen LogP contribution is -2.11. The second kappa shape index (κ2) is 4.14. The highest BCUT2D eigenvalue weighted by Crippen LogP contribution is 2.28. The van der Waals surface area contributed by atoms with Crippen LogP contribution in [-0.4, -0.2) is 18.6 Å². The Bertz CT molecular complexity index is 764. The molecule has 0 aliphatic rings. The van der Waals surface area contributed by atoms with E-state index in [1.165, 1.54) is 10.2 Å². The fourth-order valence-corrected chi connectivity index (χ4v) is 3.42. The molecule has 0 saturated carbocycles. The Kier molecular flexibility index (Phi) is 2.91. The van der Waals surface area contributed by atoms with E-state index in [0.29, 0.717) is 11.2 Å². The Labute approximate surface area is 107 Å². The molecule has 0 unspecified atom stereocenters. The minimum absolute atomic E-state index is 0.217. The van der Waals surface area contributed by atoms with E-state index in [4.69, 9.17) is 5.26 Å². The van der Waals surface area contributed by atoms with Crippen molar-refractivity contribution in [2.75, 3.05) is 6.26 Å². The summed E-state index contributed by atoms with van der Waals surface area (Å²) < 4.78 is 25.0. The zero-order chi connectivity index (χ0) is 13.5. The van der Waals surface area contributed by atoms with E-state index in [0.717, 1.165) is 16.5 Å². The number of fused-ring (bicyclic) bond motifs is 1. The van der Waals surface area contributed by atoms with Crippen LogP contribution in [0.15, 0.2) is 18.2 Å². The van der Waals surface area contributed by atoms with Crippen LogP contribution in [0.3, 0.4) is 0 Å². The normalized spacial score (nSPS) is 11.7. The minimum atomic E-state index is -3.36. The third-order valence-electron chi connectivity index (χ3n) is 3.02. The van der Waals surface area contributed by atoms with E-state index < -0.39 is 10.0 Å². The van der Waals surface area contributed by atoms with Gasteiger partial charge in [-0.1, -0.05) is 11.6 Å². The maximum absolute atomic E-state index is 11.9. The van der Waals surface area contributed by atoms with E-state index in [-0.39, 0.29) is 6.42 Å². The van der Waals surface area contributed by atoms with Crippen LogP contribution in [0.1, 0.15) is 16.8 Å². The van der Waals surface area contributed by atoms with Gasteiger partial charge in [0.1, 0.15) is 0 Å². The lowest BCUT2D eigenvalue weighted by atomic mass is 10.1. The molecule has 0 atom stereocenters. The smallest absolute Gasteiger partial charge is 0.236 e. The molecule has 0 saturated heterocycles. The van der Waals surface area contributed by atoms with Gasteiger partial charge in [0.15, 0.2) is 0 Å². The Morgan fingerprint density at radius 1 is 1.33 bits per heavy atom. The molecule has 5 heteroatoms. The molecule has 0 aliphatic heterocycles. The molecule has 2 rings (SSSR count). The monoisotopic (exact) mass is 262 g/mol. The number of aromatic nitrogens is 1. The van der Waals surface area contributed by atoms with Crippen molar-refractivity contribution in [3.8, 4) is 6.07 Å². The molecular weight excluding hydrogens is 248 g/mol. The molecule has 0 amide bonds. The average Bonchev–Trinajstić information content (AvgIpc) is 2.52. The Morgan fingerprint density at radius 2 is 2.00 bits per heavy atom. The highest BCUT2D eigenvalue weighted by Gasteiger charge is 2.19. The SMILES string of the molecule is Cc1ccc2c(c1)c(CC#N)c(C)n2S(C)(=O)=O. The maximum Gasteiger partial charge on any atom is 0.236 e. The molecule has 0 N–H and O–H groups in total. The number of benzene rings is 1. The Hall–Kier alpha value is -1.80. The van der Waals surface area contributed by atoms with Crippen molar-refractivity contribution in [2.24, 2.45) is 0 Å². The van der Waals surface area contributed by atoms with Crippen LogP contribution >= 0.6 is 0 Å². The molecule has 1 aromatic carbocycles. The topological polar surface area (TPSA) is 62.9 Å². The third kappa shape index (κ3) is 1.89. The molecule has 0 fully saturated rings. The van der Waals surface area contributed by atoms with Gasteiger partial charge in [0.25, 0.3) is 0 Å². The van der Waals surface area contributed by atoms with Gasteiger partial charge in [0, 0.05) is 11.1 Å². The van der Waals surface area contributed by atoms with E-state index in [9.17, 15) is 8.42 Å². The molecule has 0 spiro atoms. The molecule has 1 heterocycles. The average molecular weight is 262 g/mol. The van der Waals surface area contributed by atoms with Gasteiger partial charge in [0.05, 0.1) is 24.3 Å². The summed E-state index contributed by atoms with van der Waals surface area (Å²) >= 11 is 0. The van der Waals surface area contributed by atoms with Crippen molar-refractivity contribution in [2.45, 2.75) is 20.3 Å². The lowest BCUT2D eigenvalue weighted by Gasteiger charge is -2.04. The van der Waals surface area contributed by atoms with Gasteiger partial charge in [-0.25, -0.2) is 12.4 Å². The van der Waals surface area contributed by atoms with Crippen molar-refractivity contribution >= 4 is 20.9 Å². The zero-order valence-electron chi connectivity index (χ0n) is 10.6. The van der Waals surface area contributed by atoms with E-state index in [2.05, 4.69) is 6.07 Å². The Balaban J connectivity index is 2.97. The van der Waals surface area contributed by atoms with Crippen molar-refractivity contribution < 1.29 is 8.42 Å². The quantitative estimate of drug-likeness (QED) is 0.833. The van der Waals surface area contributed by atoms with Crippen LogP contribution in [0.5, 0.6) is 0 Å². The highest BCUT2D eigenvalue weighted by atomic mass is 32.2. The second-order valence-corrected chi connectivity index (χ2v) is 6.28. The molecule has 1 aromatic heterocycles. The summed E-state index contributed by atoms with van der Waals surface area (Å²) in [6.07, 6.45) is 1.39. The van der Waals surface area contributed by atoms with Crippen LogP contribution in [0, 0.1) is 25.2 Å². The Morgan fingerprint density at radius 3 is 2.56 bits per heavy atom. The van der Waals surface area contributed by atoms with Gasteiger partial charge < -0.3 is 0 Å². The molecule has 18 heavy (non-hydrogen) atoms. The lowest BCUT2D eigenvalue weighted by molar-refractivity contribution is 0.594. The second-order valence-electron chi connectivity index (χ2n) is 4.45. The standard InChI is InChI=1S/C13H14N2O2S/c1-9-4-5-13-12(8-9)11(6-7-14)10(2)15(13)18(3,16)17/h4-5,8H,6H2,1-3H3. The van der Waals surface area contributed by atoms with Gasteiger partial charge in [-0.3, -0.25) is 0 Å². The van der Waals surface area contributed by atoms with E-state index in [1.54, 1.807) is 13.0 Å². The number of rotatable bonds is 2. The molecule has 0 radical (unpaired) electrons. The number of nitriles is 1. The van der Waals surface area contributed by atoms with Gasteiger partial charge in [-0.2, -0.15) is 5.26 Å². The summed E-state index contributed by atoms with van der Waals surface area (Å²) in [5, 5.41) is 9.72. The maximum atomic E-state index is 11.9. The molecule has 94 valence electrons. The predicted molar refractivity (Wildman–Crippen MR) is 71.0 cm³/mol. The summed E-state index contributed by atoms with van der Waals surface area (Å²) in [7, 11) is -3.36. The number of hydrogen-bond donors (Lipinski definition) is 0. The van der Waals surface area contributed by atoms with Crippen LogP contribution in [-0.2, 0) is 16.4 Å². The van der Waals surface area contributed by atoms with E-state index >= 15 is 0 Å². The third-order valence-corrected chi connectivity index (χ3v) is 4.16. The fraction of sp³-hybridized carbons (Fsp3) is 0.308. The predicted octanol–water partition coefficient (Wildman–Crippen LogP) is 2.13. The summed E-state index contributed by atoms with van der Waals surface area (Å²) in [5.74, 6) is 0.